The Morgan fingerprint density at radius 1 is 0.963 bits per heavy atom. The first-order chi connectivity index (χ1) is 13.0. The zero-order valence-electron chi connectivity index (χ0n) is 14.0. The van der Waals surface area contributed by atoms with Crippen LogP contribution in [0.15, 0.2) is 53.4 Å². The molecule has 2 N–H and O–H groups in total. The Morgan fingerprint density at radius 2 is 1.78 bits per heavy atom. The average molecular weight is 382 g/mol. The highest BCUT2D eigenvalue weighted by Gasteiger charge is 2.26. The van der Waals surface area contributed by atoms with Crippen LogP contribution in [0.2, 0.25) is 0 Å². The molecule has 3 aromatic carbocycles. The third-order valence-electron chi connectivity index (χ3n) is 4.58. The zero-order valence-corrected chi connectivity index (χ0v) is 14.8. The summed E-state index contributed by atoms with van der Waals surface area (Å²) in [5, 5.41) is 3.86. The van der Waals surface area contributed by atoms with Gasteiger partial charge in [-0.05, 0) is 30.3 Å². The van der Waals surface area contributed by atoms with Gasteiger partial charge in [-0.15, -0.1) is 0 Å². The number of hydrogen-bond donors (Lipinski definition) is 2. The van der Waals surface area contributed by atoms with Gasteiger partial charge in [0.1, 0.15) is 13.2 Å². The molecule has 2 heterocycles. The Balaban J connectivity index is 1.59. The number of anilines is 2. The van der Waals surface area contributed by atoms with Gasteiger partial charge in [0, 0.05) is 28.1 Å². The molecular formula is C19H14N2O5S. The van der Waals surface area contributed by atoms with Crippen LogP contribution in [0.1, 0.15) is 10.4 Å². The Hall–Kier alpha value is -3.26. The first-order valence-electron chi connectivity index (χ1n) is 8.32. The molecule has 0 radical (unpaired) electrons. The van der Waals surface area contributed by atoms with Crippen molar-refractivity contribution in [1.29, 1.82) is 0 Å². The summed E-state index contributed by atoms with van der Waals surface area (Å²) in [5.74, 6) is 0.848. The van der Waals surface area contributed by atoms with E-state index in [0.717, 1.165) is 0 Å². The normalized spacial score (nSPS) is 14.9. The average Bonchev–Trinajstić information content (AvgIpc) is 2.99. The summed E-state index contributed by atoms with van der Waals surface area (Å²) in [6.45, 7) is 0.880. The molecule has 3 aromatic rings. The number of fused-ring (bicyclic) bond motifs is 1. The van der Waals surface area contributed by atoms with Gasteiger partial charge in [-0.3, -0.25) is 9.52 Å². The van der Waals surface area contributed by atoms with Crippen molar-refractivity contribution in [1.82, 2.24) is 0 Å². The lowest BCUT2D eigenvalue weighted by molar-refractivity contribution is 0.103. The second-order valence-corrected chi connectivity index (χ2v) is 7.91. The molecule has 0 bridgehead atoms. The van der Waals surface area contributed by atoms with Gasteiger partial charge >= 0.3 is 0 Å². The molecule has 7 nitrogen and oxygen atoms in total. The van der Waals surface area contributed by atoms with Crippen LogP contribution in [0, 0.1) is 0 Å². The van der Waals surface area contributed by atoms with Gasteiger partial charge in [0.2, 0.25) is 0 Å². The van der Waals surface area contributed by atoms with Gasteiger partial charge in [0.25, 0.3) is 15.9 Å². The summed E-state index contributed by atoms with van der Waals surface area (Å²) in [7, 11) is -3.88. The van der Waals surface area contributed by atoms with Crippen molar-refractivity contribution in [2.45, 2.75) is 4.90 Å². The van der Waals surface area contributed by atoms with Crippen molar-refractivity contribution >= 4 is 38.1 Å². The number of benzene rings is 3. The highest BCUT2D eigenvalue weighted by molar-refractivity contribution is 7.93. The third-order valence-corrected chi connectivity index (χ3v) is 6.02. The molecule has 0 saturated carbocycles. The molecule has 0 aliphatic carbocycles. The predicted molar refractivity (Wildman–Crippen MR) is 100 cm³/mol. The SMILES string of the molecule is O=C1Nc2ccc(S(=O)(=O)Nc3ccc4c(c3)OCCO4)c3cccc1c23. The summed E-state index contributed by atoms with van der Waals surface area (Å²) in [5.41, 5.74) is 1.46. The Morgan fingerprint density at radius 3 is 2.63 bits per heavy atom. The van der Waals surface area contributed by atoms with Crippen LogP contribution < -0.4 is 19.5 Å². The smallest absolute Gasteiger partial charge is 0.262 e. The van der Waals surface area contributed by atoms with Crippen LogP contribution >= 0.6 is 0 Å². The number of ether oxygens (including phenoxy) is 2. The van der Waals surface area contributed by atoms with E-state index in [2.05, 4.69) is 10.0 Å². The molecule has 0 atom stereocenters. The van der Waals surface area contributed by atoms with Crippen molar-refractivity contribution in [2.75, 3.05) is 23.3 Å². The molecule has 8 heteroatoms. The third kappa shape index (κ3) is 2.48. The monoisotopic (exact) mass is 382 g/mol. The molecule has 0 saturated heterocycles. The minimum atomic E-state index is -3.88. The van der Waals surface area contributed by atoms with Crippen LogP contribution in [-0.2, 0) is 10.0 Å². The van der Waals surface area contributed by atoms with E-state index in [9.17, 15) is 13.2 Å². The fraction of sp³-hybridized carbons (Fsp3) is 0.105. The Labute approximate surface area is 155 Å². The van der Waals surface area contributed by atoms with Crippen molar-refractivity contribution in [2.24, 2.45) is 0 Å². The van der Waals surface area contributed by atoms with Crippen molar-refractivity contribution in [3.8, 4) is 11.5 Å². The molecule has 2 aliphatic rings. The maximum absolute atomic E-state index is 13.0. The first kappa shape index (κ1) is 16.0. The second kappa shape index (κ2) is 5.62. The summed E-state index contributed by atoms with van der Waals surface area (Å²) in [6.07, 6.45) is 0. The van der Waals surface area contributed by atoms with E-state index < -0.39 is 10.0 Å². The minimum absolute atomic E-state index is 0.106. The van der Waals surface area contributed by atoms with Crippen LogP contribution in [0.3, 0.4) is 0 Å². The van der Waals surface area contributed by atoms with Crippen LogP contribution in [0.5, 0.6) is 11.5 Å². The van der Waals surface area contributed by atoms with E-state index in [1.165, 1.54) is 6.07 Å². The standard InChI is InChI=1S/C19H14N2O5S/c22-19-13-3-1-2-12-17(7-5-14(20-19)18(12)13)27(23,24)21-11-4-6-15-16(10-11)26-9-8-25-15/h1-7,10,21H,8-9H2,(H,20,22). The van der Waals surface area contributed by atoms with Crippen molar-refractivity contribution < 1.29 is 22.7 Å². The first-order valence-corrected chi connectivity index (χ1v) is 9.81. The van der Waals surface area contributed by atoms with E-state index in [1.54, 1.807) is 42.5 Å². The second-order valence-electron chi connectivity index (χ2n) is 6.26. The number of rotatable bonds is 3. The lowest BCUT2D eigenvalue weighted by Gasteiger charge is -2.19. The van der Waals surface area contributed by atoms with Gasteiger partial charge in [0.15, 0.2) is 11.5 Å². The van der Waals surface area contributed by atoms with Crippen LogP contribution in [0.4, 0.5) is 11.4 Å². The Bertz CT molecular complexity index is 1220. The molecule has 0 spiro atoms. The summed E-state index contributed by atoms with van der Waals surface area (Å²) >= 11 is 0. The molecule has 0 fully saturated rings. The number of carbonyl (C=O) groups is 1. The van der Waals surface area contributed by atoms with E-state index >= 15 is 0 Å². The maximum atomic E-state index is 13.0. The van der Waals surface area contributed by atoms with E-state index in [-0.39, 0.29) is 10.8 Å². The topological polar surface area (TPSA) is 93.7 Å². The maximum Gasteiger partial charge on any atom is 0.262 e. The Kier molecular flexibility index (Phi) is 3.32. The fourth-order valence-electron chi connectivity index (χ4n) is 3.41. The molecular weight excluding hydrogens is 368 g/mol. The molecule has 0 unspecified atom stereocenters. The van der Waals surface area contributed by atoms with E-state index in [4.69, 9.17) is 9.47 Å². The minimum Gasteiger partial charge on any atom is -0.486 e. The summed E-state index contributed by atoms with van der Waals surface area (Å²) < 4.78 is 39.6. The molecule has 2 aliphatic heterocycles. The van der Waals surface area contributed by atoms with Gasteiger partial charge < -0.3 is 14.8 Å². The van der Waals surface area contributed by atoms with Crippen LogP contribution in [-0.4, -0.2) is 27.5 Å². The quantitative estimate of drug-likeness (QED) is 0.726. The molecule has 27 heavy (non-hydrogen) atoms. The molecule has 1 amide bonds. The van der Waals surface area contributed by atoms with Gasteiger partial charge in [0.05, 0.1) is 10.6 Å². The van der Waals surface area contributed by atoms with Gasteiger partial charge in [-0.25, -0.2) is 8.42 Å². The number of hydrogen-bond acceptors (Lipinski definition) is 5. The van der Waals surface area contributed by atoms with Crippen LogP contribution in [0.25, 0.3) is 10.8 Å². The van der Waals surface area contributed by atoms with Gasteiger partial charge in [-0.2, -0.15) is 0 Å². The van der Waals surface area contributed by atoms with Crippen molar-refractivity contribution in [3.63, 3.8) is 0 Å². The lowest BCUT2D eigenvalue weighted by atomic mass is 10.1. The summed E-state index contributed by atoms with van der Waals surface area (Å²) in [4.78, 5) is 12.1. The van der Waals surface area contributed by atoms with E-state index in [0.29, 0.717) is 52.4 Å². The number of carbonyl (C=O) groups excluding carboxylic acids is 1. The lowest BCUT2D eigenvalue weighted by Crippen LogP contribution is -2.17. The molecule has 0 aromatic heterocycles. The zero-order chi connectivity index (χ0) is 18.6. The van der Waals surface area contributed by atoms with E-state index in [1.807, 2.05) is 0 Å². The summed E-state index contributed by atoms with van der Waals surface area (Å²) in [6, 6.07) is 13.0. The molecule has 136 valence electrons. The van der Waals surface area contributed by atoms with Crippen molar-refractivity contribution in [3.05, 3.63) is 54.1 Å². The number of sulfonamides is 1. The number of nitrogens with one attached hydrogen (secondary N) is 2. The highest BCUT2D eigenvalue weighted by atomic mass is 32.2. The van der Waals surface area contributed by atoms with Gasteiger partial charge in [-0.1, -0.05) is 12.1 Å². The highest BCUT2D eigenvalue weighted by Crippen LogP contribution is 2.38. The molecule has 5 rings (SSSR count). The largest absolute Gasteiger partial charge is 0.486 e. The number of amides is 1. The predicted octanol–water partition coefficient (Wildman–Crippen LogP) is 2.98. The fourth-order valence-corrected chi connectivity index (χ4v) is 4.67.